The second kappa shape index (κ2) is 7.10. The molecule has 2 aromatic rings. The normalized spacial score (nSPS) is 20.4. The van der Waals surface area contributed by atoms with Gasteiger partial charge in [-0.2, -0.15) is 0 Å². The molecule has 27 heavy (non-hydrogen) atoms. The van der Waals surface area contributed by atoms with Crippen molar-refractivity contribution in [3.05, 3.63) is 52.8 Å². The van der Waals surface area contributed by atoms with Gasteiger partial charge in [0.2, 0.25) is 11.9 Å². The molecule has 1 aromatic heterocycles. The van der Waals surface area contributed by atoms with Crippen LogP contribution in [-0.2, 0) is 11.2 Å². The summed E-state index contributed by atoms with van der Waals surface area (Å²) in [5.41, 5.74) is 9.33. The maximum atomic E-state index is 12.6. The van der Waals surface area contributed by atoms with E-state index in [0.717, 1.165) is 25.0 Å². The SMILES string of the molecule is Cc1ccccc1[C@@H]1CC(=O)c2cnc(N3CCC(C(N)=O)CC3)nc2C1. The van der Waals surface area contributed by atoms with Gasteiger partial charge >= 0.3 is 0 Å². The van der Waals surface area contributed by atoms with Crippen molar-refractivity contribution in [1.29, 1.82) is 0 Å². The molecule has 2 aliphatic rings. The van der Waals surface area contributed by atoms with Crippen LogP contribution in [0.4, 0.5) is 5.95 Å². The number of primary amides is 1. The molecule has 1 aliphatic heterocycles. The van der Waals surface area contributed by atoms with Crippen LogP contribution in [0.1, 0.15) is 52.4 Å². The van der Waals surface area contributed by atoms with E-state index < -0.39 is 0 Å². The van der Waals surface area contributed by atoms with Gasteiger partial charge in [-0.05, 0) is 43.2 Å². The standard InChI is InChI=1S/C21H24N4O2/c1-13-4-2-3-5-16(13)15-10-18-17(19(26)11-15)12-23-21(24-18)25-8-6-14(7-9-25)20(22)27/h2-5,12,14-15H,6-11H2,1H3,(H2,22,27)/t15-/m0/s1. The number of aryl methyl sites for hydroxylation is 1. The second-order valence-corrected chi connectivity index (χ2v) is 7.58. The van der Waals surface area contributed by atoms with Crippen LogP contribution < -0.4 is 10.6 Å². The second-order valence-electron chi connectivity index (χ2n) is 7.58. The Labute approximate surface area is 158 Å². The fraction of sp³-hybridized carbons (Fsp3) is 0.429. The Morgan fingerprint density at radius 2 is 1.93 bits per heavy atom. The zero-order chi connectivity index (χ0) is 19.0. The van der Waals surface area contributed by atoms with Crippen molar-refractivity contribution >= 4 is 17.6 Å². The fourth-order valence-corrected chi connectivity index (χ4v) is 4.22. The van der Waals surface area contributed by atoms with Gasteiger partial charge in [-0.3, -0.25) is 9.59 Å². The number of nitrogens with two attached hydrogens (primary N) is 1. The molecular weight excluding hydrogens is 340 g/mol. The predicted molar refractivity (Wildman–Crippen MR) is 103 cm³/mol. The zero-order valence-electron chi connectivity index (χ0n) is 15.5. The van der Waals surface area contributed by atoms with Crippen LogP contribution in [0.15, 0.2) is 30.5 Å². The van der Waals surface area contributed by atoms with E-state index in [1.807, 2.05) is 12.1 Å². The van der Waals surface area contributed by atoms with Crippen molar-refractivity contribution in [3.63, 3.8) is 0 Å². The van der Waals surface area contributed by atoms with Crippen molar-refractivity contribution in [2.45, 2.75) is 38.5 Å². The monoisotopic (exact) mass is 364 g/mol. The minimum absolute atomic E-state index is 0.0640. The van der Waals surface area contributed by atoms with Crippen LogP contribution in [-0.4, -0.2) is 34.7 Å². The van der Waals surface area contributed by atoms with Gasteiger partial charge in [0.25, 0.3) is 0 Å². The molecule has 6 heteroatoms. The van der Waals surface area contributed by atoms with E-state index in [4.69, 9.17) is 10.7 Å². The first-order chi connectivity index (χ1) is 13.0. The summed E-state index contributed by atoms with van der Waals surface area (Å²) in [7, 11) is 0. The Morgan fingerprint density at radius 1 is 1.19 bits per heavy atom. The number of piperidine rings is 1. The van der Waals surface area contributed by atoms with Gasteiger partial charge in [0.15, 0.2) is 5.78 Å². The van der Waals surface area contributed by atoms with E-state index in [-0.39, 0.29) is 23.5 Å². The molecule has 1 amide bonds. The lowest BCUT2D eigenvalue weighted by Gasteiger charge is -2.31. The molecule has 2 heterocycles. The summed E-state index contributed by atoms with van der Waals surface area (Å²) in [5.74, 6) is 0.631. The summed E-state index contributed by atoms with van der Waals surface area (Å²) in [6, 6.07) is 8.24. The Balaban J connectivity index is 1.57. The van der Waals surface area contributed by atoms with Gasteiger partial charge in [0.05, 0.1) is 11.3 Å². The summed E-state index contributed by atoms with van der Waals surface area (Å²) in [4.78, 5) is 35.3. The average molecular weight is 364 g/mol. The highest BCUT2D eigenvalue weighted by Crippen LogP contribution is 2.34. The molecular formula is C21H24N4O2. The molecule has 4 rings (SSSR count). The van der Waals surface area contributed by atoms with Crippen molar-refractivity contribution < 1.29 is 9.59 Å². The number of nitrogens with zero attached hydrogens (tertiary/aromatic N) is 3. The Morgan fingerprint density at radius 3 is 2.63 bits per heavy atom. The van der Waals surface area contributed by atoms with Crippen LogP contribution in [0.5, 0.6) is 0 Å². The van der Waals surface area contributed by atoms with Crippen molar-refractivity contribution in [2.75, 3.05) is 18.0 Å². The highest BCUT2D eigenvalue weighted by atomic mass is 16.1. The van der Waals surface area contributed by atoms with Crippen LogP contribution >= 0.6 is 0 Å². The van der Waals surface area contributed by atoms with Gasteiger partial charge in [-0.1, -0.05) is 24.3 Å². The first-order valence-corrected chi connectivity index (χ1v) is 9.52. The number of benzene rings is 1. The minimum Gasteiger partial charge on any atom is -0.369 e. The van der Waals surface area contributed by atoms with Gasteiger partial charge in [-0.15, -0.1) is 0 Å². The summed E-state index contributed by atoms with van der Waals surface area (Å²) in [5, 5.41) is 0. The third-order valence-corrected chi connectivity index (χ3v) is 5.84. The van der Waals surface area contributed by atoms with Crippen molar-refractivity contribution in [3.8, 4) is 0 Å². The Bertz CT molecular complexity index is 888. The highest BCUT2D eigenvalue weighted by molar-refractivity contribution is 5.98. The number of anilines is 1. The number of amides is 1. The smallest absolute Gasteiger partial charge is 0.225 e. The Kier molecular flexibility index (Phi) is 4.64. The molecule has 2 N–H and O–H groups in total. The van der Waals surface area contributed by atoms with E-state index in [2.05, 4.69) is 28.9 Å². The number of ketones is 1. The fourth-order valence-electron chi connectivity index (χ4n) is 4.22. The molecule has 0 radical (unpaired) electrons. The van der Waals surface area contributed by atoms with Crippen molar-refractivity contribution in [2.24, 2.45) is 11.7 Å². The molecule has 1 atom stereocenters. The first-order valence-electron chi connectivity index (χ1n) is 9.52. The topological polar surface area (TPSA) is 89.2 Å². The molecule has 1 aromatic carbocycles. The number of rotatable bonds is 3. The summed E-state index contributed by atoms with van der Waals surface area (Å²) < 4.78 is 0. The van der Waals surface area contributed by atoms with Crippen molar-refractivity contribution in [1.82, 2.24) is 9.97 Å². The molecule has 6 nitrogen and oxygen atoms in total. The largest absolute Gasteiger partial charge is 0.369 e. The van der Waals surface area contributed by atoms with Crippen LogP contribution in [0.3, 0.4) is 0 Å². The molecule has 1 fully saturated rings. The average Bonchev–Trinajstić information content (AvgIpc) is 2.68. The molecule has 140 valence electrons. The zero-order valence-corrected chi connectivity index (χ0v) is 15.5. The molecule has 1 saturated heterocycles. The molecule has 0 saturated carbocycles. The third-order valence-electron chi connectivity index (χ3n) is 5.84. The van der Waals surface area contributed by atoms with Gasteiger partial charge < -0.3 is 10.6 Å². The van der Waals surface area contributed by atoms with Gasteiger partial charge in [-0.25, -0.2) is 9.97 Å². The van der Waals surface area contributed by atoms with E-state index in [1.54, 1.807) is 6.20 Å². The number of hydrogen-bond donors (Lipinski definition) is 1. The lowest BCUT2D eigenvalue weighted by molar-refractivity contribution is -0.122. The lowest BCUT2D eigenvalue weighted by Crippen LogP contribution is -2.39. The minimum atomic E-state index is -0.229. The molecule has 0 spiro atoms. The van der Waals surface area contributed by atoms with Crippen LogP contribution in [0.25, 0.3) is 0 Å². The maximum absolute atomic E-state index is 12.6. The number of carbonyl (C=O) groups is 2. The molecule has 1 aliphatic carbocycles. The van der Waals surface area contributed by atoms with Crippen LogP contribution in [0.2, 0.25) is 0 Å². The van der Waals surface area contributed by atoms with E-state index in [9.17, 15) is 9.59 Å². The predicted octanol–water partition coefficient (Wildman–Crippen LogP) is 2.40. The number of aromatic nitrogens is 2. The van der Waals surface area contributed by atoms with Crippen LogP contribution in [0, 0.1) is 12.8 Å². The summed E-state index contributed by atoms with van der Waals surface area (Å²) in [6.45, 7) is 3.51. The lowest BCUT2D eigenvalue weighted by atomic mass is 9.81. The number of fused-ring (bicyclic) bond motifs is 1. The number of hydrogen-bond acceptors (Lipinski definition) is 5. The third kappa shape index (κ3) is 3.44. The number of Topliss-reactive ketones (excluding diaryl/α,β-unsaturated/α-hetero) is 1. The molecule has 0 bridgehead atoms. The number of carbonyl (C=O) groups excluding carboxylic acids is 2. The quantitative estimate of drug-likeness (QED) is 0.903. The van der Waals surface area contributed by atoms with Gasteiger partial charge in [0, 0.05) is 31.6 Å². The maximum Gasteiger partial charge on any atom is 0.225 e. The van der Waals surface area contributed by atoms with E-state index in [0.29, 0.717) is 31.0 Å². The highest BCUT2D eigenvalue weighted by Gasteiger charge is 2.30. The Hall–Kier alpha value is -2.76. The van der Waals surface area contributed by atoms with E-state index in [1.165, 1.54) is 11.1 Å². The first kappa shape index (κ1) is 17.6. The summed E-state index contributed by atoms with van der Waals surface area (Å²) in [6.07, 6.45) is 4.37. The van der Waals surface area contributed by atoms with E-state index >= 15 is 0 Å². The molecule has 0 unspecified atom stereocenters. The summed E-state index contributed by atoms with van der Waals surface area (Å²) >= 11 is 0. The van der Waals surface area contributed by atoms with Gasteiger partial charge in [0.1, 0.15) is 0 Å².